The smallest absolute Gasteiger partial charge is 0.213 e. The highest BCUT2D eigenvalue weighted by Crippen LogP contribution is 2.32. The lowest BCUT2D eigenvalue weighted by molar-refractivity contribution is 0.112. The SMILES string of the molecule is COc1ccc2nc3cc(Cl)ccc3c(NCCCN3CCN(CCO)CC3)c2n1. The summed E-state index contributed by atoms with van der Waals surface area (Å²) in [6.07, 6.45) is 1.03. The quantitative estimate of drug-likeness (QED) is 0.421. The first-order valence-corrected chi connectivity index (χ1v) is 10.8. The molecule has 1 aliphatic rings. The molecular formula is C22H28ClN5O2. The third-order valence-electron chi connectivity index (χ3n) is 5.60. The number of aliphatic hydroxyl groups is 1. The van der Waals surface area contributed by atoms with Crippen molar-refractivity contribution < 1.29 is 9.84 Å². The Labute approximate surface area is 181 Å². The van der Waals surface area contributed by atoms with Gasteiger partial charge in [-0.25, -0.2) is 9.97 Å². The van der Waals surface area contributed by atoms with Gasteiger partial charge in [-0.3, -0.25) is 4.90 Å². The topological polar surface area (TPSA) is 73.8 Å². The molecule has 0 radical (unpaired) electrons. The molecule has 0 bridgehead atoms. The van der Waals surface area contributed by atoms with Crippen LogP contribution in [0, 0.1) is 0 Å². The molecular weight excluding hydrogens is 402 g/mol. The van der Waals surface area contributed by atoms with Gasteiger partial charge in [-0.05, 0) is 37.2 Å². The number of hydrogen-bond donors (Lipinski definition) is 2. The van der Waals surface area contributed by atoms with Gasteiger partial charge in [0, 0.05) is 55.7 Å². The van der Waals surface area contributed by atoms with Crippen LogP contribution in [0.1, 0.15) is 6.42 Å². The maximum Gasteiger partial charge on any atom is 0.213 e. The highest BCUT2D eigenvalue weighted by Gasteiger charge is 2.16. The van der Waals surface area contributed by atoms with E-state index < -0.39 is 0 Å². The van der Waals surface area contributed by atoms with Crippen molar-refractivity contribution in [2.45, 2.75) is 6.42 Å². The summed E-state index contributed by atoms with van der Waals surface area (Å²) in [6, 6.07) is 9.52. The van der Waals surface area contributed by atoms with Gasteiger partial charge in [0.2, 0.25) is 5.88 Å². The normalized spacial score (nSPS) is 15.7. The molecule has 3 heterocycles. The monoisotopic (exact) mass is 429 g/mol. The predicted octanol–water partition coefficient (Wildman–Crippen LogP) is 2.86. The molecule has 1 fully saturated rings. The Bertz CT molecular complexity index is 1010. The van der Waals surface area contributed by atoms with Gasteiger partial charge in [0.1, 0.15) is 5.52 Å². The van der Waals surface area contributed by atoms with E-state index in [1.54, 1.807) is 7.11 Å². The zero-order chi connectivity index (χ0) is 20.9. The molecule has 1 saturated heterocycles. The Kier molecular flexibility index (Phi) is 6.84. The summed E-state index contributed by atoms with van der Waals surface area (Å²) in [4.78, 5) is 14.2. The molecule has 1 aromatic carbocycles. The minimum atomic E-state index is 0.238. The van der Waals surface area contributed by atoms with Crippen molar-refractivity contribution >= 4 is 39.2 Å². The Hall–Kier alpha value is -2.19. The molecule has 0 unspecified atom stereocenters. The number of aromatic nitrogens is 2. The van der Waals surface area contributed by atoms with Crippen molar-refractivity contribution in [1.82, 2.24) is 19.8 Å². The molecule has 2 N–H and O–H groups in total. The van der Waals surface area contributed by atoms with Crippen LogP contribution in [0.2, 0.25) is 5.02 Å². The first kappa shape index (κ1) is 21.1. The average molecular weight is 430 g/mol. The number of nitrogens with zero attached hydrogens (tertiary/aromatic N) is 4. The van der Waals surface area contributed by atoms with Crippen molar-refractivity contribution in [2.24, 2.45) is 0 Å². The van der Waals surface area contributed by atoms with Crippen molar-refractivity contribution in [3.05, 3.63) is 35.4 Å². The predicted molar refractivity (Wildman–Crippen MR) is 122 cm³/mol. The molecule has 30 heavy (non-hydrogen) atoms. The number of fused-ring (bicyclic) bond motifs is 2. The van der Waals surface area contributed by atoms with Crippen LogP contribution in [0.4, 0.5) is 5.69 Å². The molecule has 0 spiro atoms. The molecule has 1 aliphatic heterocycles. The molecule has 0 aliphatic carbocycles. The third-order valence-corrected chi connectivity index (χ3v) is 5.83. The van der Waals surface area contributed by atoms with Crippen molar-refractivity contribution in [2.75, 3.05) is 64.8 Å². The number of pyridine rings is 2. The fourth-order valence-corrected chi connectivity index (χ4v) is 4.13. The van der Waals surface area contributed by atoms with Crippen LogP contribution in [0.3, 0.4) is 0 Å². The van der Waals surface area contributed by atoms with Gasteiger partial charge in [-0.1, -0.05) is 11.6 Å². The zero-order valence-corrected chi connectivity index (χ0v) is 18.0. The number of methoxy groups -OCH3 is 1. The second-order valence-corrected chi connectivity index (χ2v) is 7.99. The first-order valence-electron chi connectivity index (χ1n) is 10.4. The van der Waals surface area contributed by atoms with Gasteiger partial charge >= 0.3 is 0 Å². The van der Waals surface area contributed by atoms with Gasteiger partial charge in [0.05, 0.1) is 30.4 Å². The van der Waals surface area contributed by atoms with Crippen molar-refractivity contribution in [1.29, 1.82) is 0 Å². The fraction of sp³-hybridized carbons (Fsp3) is 0.455. The molecule has 160 valence electrons. The van der Waals surface area contributed by atoms with E-state index in [2.05, 4.69) is 20.1 Å². The number of benzene rings is 1. The number of nitrogens with one attached hydrogen (secondary N) is 1. The van der Waals surface area contributed by atoms with Gasteiger partial charge in [-0.15, -0.1) is 0 Å². The number of halogens is 1. The van der Waals surface area contributed by atoms with Crippen LogP contribution in [0.15, 0.2) is 30.3 Å². The van der Waals surface area contributed by atoms with E-state index in [9.17, 15) is 0 Å². The van der Waals surface area contributed by atoms with Crippen molar-refractivity contribution in [3.63, 3.8) is 0 Å². The number of aliphatic hydroxyl groups excluding tert-OH is 1. The van der Waals surface area contributed by atoms with E-state index in [1.165, 1.54) is 0 Å². The largest absolute Gasteiger partial charge is 0.481 e. The summed E-state index contributed by atoms with van der Waals surface area (Å²) < 4.78 is 5.33. The van der Waals surface area contributed by atoms with Crippen LogP contribution < -0.4 is 10.1 Å². The number of rotatable bonds is 8. The maximum atomic E-state index is 9.08. The molecule has 4 rings (SSSR count). The van der Waals surface area contributed by atoms with Crippen LogP contribution >= 0.6 is 11.6 Å². The standard InChI is InChI=1S/C22H28ClN5O2/c1-30-20-6-5-18-22(26-20)21(17-4-3-16(23)15-19(17)25-18)24-7-2-8-27-9-11-28(12-10-27)13-14-29/h3-6,15,29H,2,7-14H2,1H3,(H,24,25). The molecule has 3 aromatic rings. The van der Waals surface area contributed by atoms with Gasteiger partial charge < -0.3 is 20.1 Å². The highest BCUT2D eigenvalue weighted by molar-refractivity contribution is 6.31. The first-order chi connectivity index (χ1) is 14.7. The van der Waals surface area contributed by atoms with E-state index >= 15 is 0 Å². The van der Waals surface area contributed by atoms with Gasteiger partial charge in [-0.2, -0.15) is 0 Å². The minimum absolute atomic E-state index is 0.238. The van der Waals surface area contributed by atoms with E-state index in [-0.39, 0.29) is 6.61 Å². The van der Waals surface area contributed by atoms with Crippen LogP contribution in [-0.2, 0) is 0 Å². The highest BCUT2D eigenvalue weighted by atomic mass is 35.5. The van der Waals surface area contributed by atoms with Gasteiger partial charge in [0.25, 0.3) is 0 Å². The Morgan fingerprint density at radius 3 is 2.53 bits per heavy atom. The summed E-state index contributed by atoms with van der Waals surface area (Å²) in [5.41, 5.74) is 3.44. The molecule has 8 heteroatoms. The van der Waals surface area contributed by atoms with E-state index in [4.69, 9.17) is 26.4 Å². The maximum absolute atomic E-state index is 9.08. The van der Waals surface area contributed by atoms with Crippen LogP contribution in [0.5, 0.6) is 5.88 Å². The zero-order valence-electron chi connectivity index (χ0n) is 17.3. The molecule has 0 amide bonds. The summed E-state index contributed by atoms with van der Waals surface area (Å²) >= 11 is 6.19. The van der Waals surface area contributed by atoms with E-state index in [1.807, 2.05) is 30.3 Å². The third kappa shape index (κ3) is 4.75. The number of β-amino-alcohol motifs (C(OH)–C–C–N with tert-alkyl or cyclic N) is 1. The lowest BCUT2D eigenvalue weighted by Gasteiger charge is -2.34. The Balaban J connectivity index is 1.47. The molecule has 0 atom stereocenters. The Morgan fingerprint density at radius 2 is 1.80 bits per heavy atom. The summed E-state index contributed by atoms with van der Waals surface area (Å²) in [5, 5.41) is 14.3. The second-order valence-electron chi connectivity index (χ2n) is 7.56. The van der Waals surface area contributed by atoms with Crippen molar-refractivity contribution in [3.8, 4) is 5.88 Å². The van der Waals surface area contributed by atoms with Gasteiger partial charge in [0.15, 0.2) is 0 Å². The number of piperazine rings is 1. The minimum Gasteiger partial charge on any atom is -0.481 e. The number of ether oxygens (including phenoxy) is 1. The number of anilines is 1. The molecule has 0 saturated carbocycles. The summed E-state index contributed by atoms with van der Waals surface area (Å²) in [6.45, 7) is 7.06. The number of hydrogen-bond acceptors (Lipinski definition) is 7. The average Bonchev–Trinajstić information content (AvgIpc) is 2.76. The Morgan fingerprint density at radius 1 is 1.03 bits per heavy atom. The molecule has 2 aromatic heterocycles. The summed E-state index contributed by atoms with van der Waals surface area (Å²) in [5.74, 6) is 0.571. The van der Waals surface area contributed by atoms with Crippen LogP contribution in [-0.4, -0.2) is 84.4 Å². The van der Waals surface area contributed by atoms with E-state index in [0.717, 1.165) is 79.9 Å². The van der Waals surface area contributed by atoms with E-state index in [0.29, 0.717) is 10.9 Å². The molecule has 7 nitrogen and oxygen atoms in total. The fourth-order valence-electron chi connectivity index (χ4n) is 3.96. The second kappa shape index (κ2) is 9.75. The summed E-state index contributed by atoms with van der Waals surface area (Å²) in [7, 11) is 1.62. The lowest BCUT2D eigenvalue weighted by Crippen LogP contribution is -2.47. The lowest BCUT2D eigenvalue weighted by atomic mass is 10.1. The van der Waals surface area contributed by atoms with Crippen LogP contribution in [0.25, 0.3) is 21.9 Å².